The first-order chi connectivity index (χ1) is 16.8. The van der Waals surface area contributed by atoms with Crippen LogP contribution < -0.4 is 20.1 Å². The molecular formula is C25H33N5O4S. The van der Waals surface area contributed by atoms with Crippen molar-refractivity contribution in [3.8, 4) is 5.75 Å². The molecule has 0 spiro atoms. The number of hydrogen-bond acceptors (Lipinski definition) is 6. The van der Waals surface area contributed by atoms with E-state index in [1.54, 1.807) is 26.0 Å². The van der Waals surface area contributed by atoms with Crippen molar-refractivity contribution < 1.29 is 17.9 Å². The number of piperazine rings is 1. The van der Waals surface area contributed by atoms with Crippen molar-refractivity contribution in [2.75, 3.05) is 49.0 Å². The Morgan fingerprint density at radius 2 is 1.83 bits per heavy atom. The molecule has 188 valence electrons. The minimum Gasteiger partial charge on any atom is -0.484 e. The fraction of sp³-hybridized carbons (Fsp3) is 0.400. The molecule has 9 nitrogen and oxygen atoms in total. The summed E-state index contributed by atoms with van der Waals surface area (Å²) in [7, 11) is -3.37. The Kier molecular flexibility index (Phi) is 7.51. The van der Waals surface area contributed by atoms with Crippen molar-refractivity contribution in [2.24, 2.45) is 5.73 Å². The van der Waals surface area contributed by atoms with Crippen LogP contribution in [0, 0.1) is 0 Å². The normalized spacial score (nSPS) is 14.5. The highest BCUT2D eigenvalue weighted by atomic mass is 32.2. The molecule has 0 radical (unpaired) electrons. The highest BCUT2D eigenvalue weighted by molar-refractivity contribution is 7.93. The van der Waals surface area contributed by atoms with Gasteiger partial charge in [0.2, 0.25) is 10.0 Å². The lowest BCUT2D eigenvalue weighted by Gasteiger charge is -2.36. The SMILES string of the molecule is CC(C)S(=O)(=O)Nc1ccc(N2CCN(C(=O)COc3ccc4[nH]cc(CCN)c4c3)CC2)cc1. The summed E-state index contributed by atoms with van der Waals surface area (Å²) < 4.78 is 32.5. The Hall–Kier alpha value is -3.24. The van der Waals surface area contributed by atoms with E-state index in [9.17, 15) is 13.2 Å². The maximum Gasteiger partial charge on any atom is 0.260 e. The van der Waals surface area contributed by atoms with Crippen molar-refractivity contribution >= 4 is 38.2 Å². The van der Waals surface area contributed by atoms with Crippen molar-refractivity contribution in [2.45, 2.75) is 25.5 Å². The Bertz CT molecular complexity index is 1260. The lowest BCUT2D eigenvalue weighted by Crippen LogP contribution is -2.50. The summed E-state index contributed by atoms with van der Waals surface area (Å²) in [6.07, 6.45) is 2.74. The zero-order valence-electron chi connectivity index (χ0n) is 20.2. The second-order valence-electron chi connectivity index (χ2n) is 8.96. The van der Waals surface area contributed by atoms with Gasteiger partial charge in [-0.05, 0) is 74.8 Å². The Balaban J connectivity index is 1.28. The van der Waals surface area contributed by atoms with E-state index in [1.807, 2.05) is 41.4 Å². The van der Waals surface area contributed by atoms with Gasteiger partial charge in [-0.1, -0.05) is 0 Å². The predicted octanol–water partition coefficient (Wildman–Crippen LogP) is 2.55. The molecule has 2 aromatic carbocycles. The molecule has 10 heteroatoms. The van der Waals surface area contributed by atoms with Crippen LogP contribution in [0.1, 0.15) is 19.4 Å². The van der Waals surface area contributed by atoms with Gasteiger partial charge >= 0.3 is 0 Å². The summed E-state index contributed by atoms with van der Waals surface area (Å²) >= 11 is 0. The average Bonchev–Trinajstić information content (AvgIpc) is 3.25. The Labute approximate surface area is 206 Å². The number of aromatic amines is 1. The van der Waals surface area contributed by atoms with Gasteiger partial charge in [0.1, 0.15) is 5.75 Å². The molecule has 0 bridgehead atoms. The van der Waals surface area contributed by atoms with Crippen molar-refractivity contribution in [3.63, 3.8) is 0 Å². The van der Waals surface area contributed by atoms with Gasteiger partial charge in [-0.15, -0.1) is 0 Å². The molecular weight excluding hydrogens is 466 g/mol. The number of sulfonamides is 1. The van der Waals surface area contributed by atoms with Crippen LogP contribution in [0.15, 0.2) is 48.7 Å². The molecule has 2 heterocycles. The molecule has 1 aliphatic rings. The van der Waals surface area contributed by atoms with E-state index in [-0.39, 0.29) is 12.5 Å². The largest absolute Gasteiger partial charge is 0.484 e. The van der Waals surface area contributed by atoms with Crippen molar-refractivity contribution in [1.82, 2.24) is 9.88 Å². The van der Waals surface area contributed by atoms with E-state index in [2.05, 4.69) is 14.6 Å². The maximum absolute atomic E-state index is 12.7. The minimum atomic E-state index is -3.37. The quantitative estimate of drug-likeness (QED) is 0.416. The summed E-state index contributed by atoms with van der Waals surface area (Å²) in [5.41, 5.74) is 9.39. The van der Waals surface area contributed by atoms with Gasteiger partial charge in [0.05, 0.1) is 5.25 Å². The first kappa shape index (κ1) is 24.9. The topological polar surface area (TPSA) is 121 Å². The fourth-order valence-electron chi connectivity index (χ4n) is 4.08. The third-order valence-electron chi connectivity index (χ3n) is 6.26. The molecule has 4 N–H and O–H groups in total. The van der Waals surface area contributed by atoms with Crippen LogP contribution in [0.5, 0.6) is 5.75 Å². The molecule has 3 aromatic rings. The third kappa shape index (κ3) is 5.88. The molecule has 1 amide bonds. The molecule has 1 saturated heterocycles. The van der Waals surface area contributed by atoms with Gasteiger partial charge in [0.15, 0.2) is 6.61 Å². The number of nitrogens with zero attached hydrogens (tertiary/aromatic N) is 2. The van der Waals surface area contributed by atoms with Crippen LogP contribution in [-0.4, -0.2) is 68.8 Å². The highest BCUT2D eigenvalue weighted by Gasteiger charge is 2.22. The number of nitrogens with two attached hydrogens (primary N) is 1. The van der Waals surface area contributed by atoms with E-state index in [4.69, 9.17) is 10.5 Å². The standard InChI is InChI=1S/C25H33N5O4S/c1-18(2)35(32,33)28-20-3-5-21(6-4-20)29-11-13-30(14-12-29)25(31)17-34-22-7-8-24-23(15-22)19(9-10-26)16-27-24/h3-8,15-16,18,27-28H,9-14,17,26H2,1-2H3. The molecule has 1 aliphatic heterocycles. The summed E-state index contributed by atoms with van der Waals surface area (Å²) in [6, 6.07) is 13.1. The van der Waals surface area contributed by atoms with Gasteiger partial charge in [-0.2, -0.15) is 0 Å². The zero-order chi connectivity index (χ0) is 25.0. The lowest BCUT2D eigenvalue weighted by atomic mass is 10.1. The number of anilines is 2. The second-order valence-corrected chi connectivity index (χ2v) is 11.2. The Morgan fingerprint density at radius 3 is 2.49 bits per heavy atom. The van der Waals surface area contributed by atoms with Crippen LogP contribution in [-0.2, 0) is 21.2 Å². The highest BCUT2D eigenvalue weighted by Crippen LogP contribution is 2.24. The first-order valence-electron chi connectivity index (χ1n) is 11.8. The smallest absolute Gasteiger partial charge is 0.260 e. The molecule has 0 saturated carbocycles. The number of ether oxygens (including phenoxy) is 1. The molecule has 0 aliphatic carbocycles. The number of H-pyrrole nitrogens is 1. The van der Waals surface area contributed by atoms with E-state index in [0.717, 1.165) is 28.6 Å². The monoisotopic (exact) mass is 499 g/mol. The summed E-state index contributed by atoms with van der Waals surface area (Å²) in [6.45, 7) is 6.44. The second kappa shape index (κ2) is 10.6. The van der Waals surface area contributed by atoms with Crippen LogP contribution >= 0.6 is 0 Å². The van der Waals surface area contributed by atoms with E-state index in [1.165, 1.54) is 0 Å². The van der Waals surface area contributed by atoms with Crippen LogP contribution in [0.3, 0.4) is 0 Å². The van der Waals surface area contributed by atoms with E-state index in [0.29, 0.717) is 44.2 Å². The molecule has 0 unspecified atom stereocenters. The lowest BCUT2D eigenvalue weighted by molar-refractivity contribution is -0.133. The zero-order valence-corrected chi connectivity index (χ0v) is 21.0. The average molecular weight is 500 g/mol. The van der Waals surface area contributed by atoms with Crippen molar-refractivity contribution in [1.29, 1.82) is 0 Å². The molecule has 4 rings (SSSR count). The van der Waals surface area contributed by atoms with Gasteiger partial charge in [0.25, 0.3) is 5.91 Å². The summed E-state index contributed by atoms with van der Waals surface area (Å²) in [5.74, 6) is 0.620. The van der Waals surface area contributed by atoms with Crippen LogP contribution in [0.2, 0.25) is 0 Å². The number of hydrogen-bond donors (Lipinski definition) is 3. The van der Waals surface area contributed by atoms with Crippen molar-refractivity contribution in [3.05, 3.63) is 54.2 Å². The van der Waals surface area contributed by atoms with Crippen LogP contribution in [0.25, 0.3) is 10.9 Å². The number of rotatable bonds is 9. The summed E-state index contributed by atoms with van der Waals surface area (Å²) in [4.78, 5) is 20.0. The summed E-state index contributed by atoms with van der Waals surface area (Å²) in [5, 5.41) is 0.569. The van der Waals surface area contributed by atoms with E-state index >= 15 is 0 Å². The van der Waals surface area contributed by atoms with Gasteiger partial charge in [-0.3, -0.25) is 9.52 Å². The number of nitrogens with one attached hydrogen (secondary N) is 2. The number of benzene rings is 2. The third-order valence-corrected chi connectivity index (χ3v) is 8.02. The van der Waals surface area contributed by atoms with E-state index < -0.39 is 15.3 Å². The number of amides is 1. The fourth-order valence-corrected chi connectivity index (χ4v) is 4.78. The number of fused-ring (bicyclic) bond motifs is 1. The van der Waals surface area contributed by atoms with Gasteiger partial charge in [-0.25, -0.2) is 8.42 Å². The molecule has 1 fully saturated rings. The number of carbonyl (C=O) groups excluding carboxylic acids is 1. The van der Waals surface area contributed by atoms with Crippen LogP contribution in [0.4, 0.5) is 11.4 Å². The molecule has 35 heavy (non-hydrogen) atoms. The van der Waals surface area contributed by atoms with Gasteiger partial charge in [0, 0.05) is 54.7 Å². The predicted molar refractivity (Wildman–Crippen MR) is 139 cm³/mol. The Morgan fingerprint density at radius 1 is 1.11 bits per heavy atom. The minimum absolute atomic E-state index is 0.00710. The molecule has 0 atom stereocenters. The number of aromatic nitrogens is 1. The first-order valence-corrected chi connectivity index (χ1v) is 13.4. The maximum atomic E-state index is 12.7. The molecule has 1 aromatic heterocycles. The van der Waals surface area contributed by atoms with Gasteiger partial charge < -0.3 is 25.3 Å². The number of carbonyl (C=O) groups is 1.